The first-order valence-corrected chi connectivity index (χ1v) is 18.8. The first-order chi connectivity index (χ1) is 24.8. The van der Waals surface area contributed by atoms with Gasteiger partial charge < -0.3 is 9.47 Å². The number of benzene rings is 4. The first-order valence-electron chi connectivity index (χ1n) is 18.8. The van der Waals surface area contributed by atoms with Gasteiger partial charge in [0.1, 0.15) is 0 Å². The normalized spacial score (nSPS) is 24.2. The van der Waals surface area contributed by atoms with Crippen LogP contribution in [-0.2, 0) is 6.42 Å². The van der Waals surface area contributed by atoms with Crippen molar-refractivity contribution in [2.75, 3.05) is 0 Å². The van der Waals surface area contributed by atoms with Crippen molar-refractivity contribution in [3.63, 3.8) is 0 Å². The van der Waals surface area contributed by atoms with Crippen LogP contribution in [-0.4, -0.2) is 21.6 Å². The highest BCUT2D eigenvalue weighted by Crippen LogP contribution is 2.39. The topological polar surface area (TPSA) is 8.17 Å². The molecule has 2 heteroatoms. The molecule has 0 amide bonds. The number of aromatic nitrogens is 1. The van der Waals surface area contributed by atoms with E-state index in [1.54, 1.807) is 0 Å². The molecule has 9 rings (SSSR count). The van der Waals surface area contributed by atoms with E-state index in [9.17, 15) is 0 Å². The minimum Gasteiger partial charge on any atom is -0.359 e. The Labute approximate surface area is 297 Å². The summed E-state index contributed by atoms with van der Waals surface area (Å²) in [6, 6.07) is 41.1. The molecule has 5 atom stereocenters. The van der Waals surface area contributed by atoms with Crippen LogP contribution in [0.15, 0.2) is 163 Å². The zero-order chi connectivity index (χ0) is 33.3. The molecule has 0 aliphatic heterocycles. The minimum absolute atomic E-state index is 0.391. The van der Waals surface area contributed by atoms with Crippen molar-refractivity contribution in [2.24, 2.45) is 0 Å². The fourth-order valence-electron chi connectivity index (χ4n) is 9.04. The predicted octanol–water partition coefficient (Wildman–Crippen LogP) is 11.8. The van der Waals surface area contributed by atoms with Gasteiger partial charge >= 0.3 is 0 Å². The van der Waals surface area contributed by atoms with Crippen molar-refractivity contribution >= 4 is 17.0 Å². The van der Waals surface area contributed by atoms with Gasteiger partial charge in [-0.3, -0.25) is 0 Å². The Bertz CT molecular complexity index is 2110. The minimum atomic E-state index is 0.391. The number of rotatable bonds is 7. The van der Waals surface area contributed by atoms with Crippen molar-refractivity contribution in [1.29, 1.82) is 0 Å². The summed E-state index contributed by atoms with van der Waals surface area (Å²) in [5.74, 6) is 1.40. The molecule has 1 heterocycles. The Morgan fingerprint density at radius 3 is 1.78 bits per heavy atom. The van der Waals surface area contributed by atoms with E-state index in [1.165, 1.54) is 63.1 Å². The monoisotopic (exact) mass is 650 g/mol. The lowest BCUT2D eigenvalue weighted by molar-refractivity contribution is 0.215. The average Bonchev–Trinajstić information content (AvgIpc) is 3.54. The second-order valence-corrected chi connectivity index (χ2v) is 14.6. The van der Waals surface area contributed by atoms with Crippen molar-refractivity contribution in [3.05, 3.63) is 191 Å². The van der Waals surface area contributed by atoms with E-state index in [0.29, 0.717) is 29.8 Å². The van der Waals surface area contributed by atoms with E-state index in [4.69, 9.17) is 0 Å². The highest BCUT2D eigenvalue weighted by atomic mass is 15.2. The second-order valence-electron chi connectivity index (χ2n) is 14.6. The van der Waals surface area contributed by atoms with Gasteiger partial charge in [-0.15, -0.1) is 0 Å². The average molecular weight is 651 g/mol. The fourth-order valence-corrected chi connectivity index (χ4v) is 9.04. The summed E-state index contributed by atoms with van der Waals surface area (Å²) in [6.45, 7) is 0. The number of para-hydroxylation sites is 1. The van der Waals surface area contributed by atoms with E-state index in [1.807, 2.05) is 0 Å². The van der Waals surface area contributed by atoms with Crippen molar-refractivity contribution < 1.29 is 0 Å². The Balaban J connectivity index is 0.964. The van der Waals surface area contributed by atoms with E-state index < -0.39 is 0 Å². The van der Waals surface area contributed by atoms with Gasteiger partial charge in [0.15, 0.2) is 0 Å². The standard InChI is InChI=1S/C48H46N2/c1-3-11-35(12-4-1)37-19-27-41(28-20-37)49(42-29-21-38(22-30-42)36-13-5-2-6-14-36)43-31-23-39(24-32-43)40-25-33-44(34-26-40)50-47-17-9-7-15-45(47)46-16-8-10-18-48(46)50/h1-7,9-15,17-19,21,23,25-29,31,33-34,37-39,42-43H,8,16,20,22,24,30,32H2. The van der Waals surface area contributed by atoms with Gasteiger partial charge in [0.2, 0.25) is 0 Å². The first kappa shape index (κ1) is 30.9. The lowest BCUT2D eigenvalue weighted by atomic mass is 9.83. The molecule has 4 aliphatic rings. The highest BCUT2D eigenvalue weighted by molar-refractivity contribution is 5.90. The van der Waals surface area contributed by atoms with Crippen LogP contribution < -0.4 is 0 Å². The van der Waals surface area contributed by atoms with E-state index in [-0.39, 0.29) is 0 Å². The lowest BCUT2D eigenvalue weighted by Crippen LogP contribution is -2.42. The van der Waals surface area contributed by atoms with Crippen LogP contribution in [0.3, 0.4) is 0 Å². The van der Waals surface area contributed by atoms with Crippen LogP contribution in [0.5, 0.6) is 0 Å². The van der Waals surface area contributed by atoms with Crippen LogP contribution in [0.2, 0.25) is 0 Å². The van der Waals surface area contributed by atoms with Crippen LogP contribution in [0, 0.1) is 0 Å². The van der Waals surface area contributed by atoms with Gasteiger partial charge in [0.25, 0.3) is 0 Å². The van der Waals surface area contributed by atoms with Gasteiger partial charge in [-0.1, -0.05) is 134 Å². The van der Waals surface area contributed by atoms with Crippen LogP contribution >= 0.6 is 0 Å². The van der Waals surface area contributed by atoms with Gasteiger partial charge in [-0.25, -0.2) is 0 Å². The number of fused-ring (bicyclic) bond motifs is 3. The van der Waals surface area contributed by atoms with E-state index >= 15 is 0 Å². The molecule has 2 nitrogen and oxygen atoms in total. The summed E-state index contributed by atoms with van der Waals surface area (Å²) in [5.41, 5.74) is 11.0. The molecule has 0 radical (unpaired) electrons. The number of allylic oxidation sites excluding steroid dienone is 6. The molecule has 0 spiro atoms. The van der Waals surface area contributed by atoms with Crippen LogP contribution in [0.1, 0.15) is 84.2 Å². The molecule has 248 valence electrons. The Morgan fingerprint density at radius 1 is 0.540 bits per heavy atom. The molecule has 5 unspecified atom stereocenters. The number of nitrogens with zero attached hydrogens (tertiary/aromatic N) is 2. The third-order valence-corrected chi connectivity index (χ3v) is 11.7. The molecule has 0 saturated carbocycles. The van der Waals surface area contributed by atoms with E-state index in [0.717, 1.165) is 32.1 Å². The quantitative estimate of drug-likeness (QED) is 0.159. The SMILES string of the molecule is C1=Cc2c(c3ccccc3n2-c2ccc(C3C=CC(N(C4=CCC(c5ccccc5)C=C4)C4C=CC(c5ccccc5)CC4)CC3)cc2)CC1. The molecule has 50 heavy (non-hydrogen) atoms. The second kappa shape index (κ2) is 13.7. The molecule has 4 aromatic carbocycles. The number of aryl methyl sites for hydroxylation is 1. The summed E-state index contributed by atoms with van der Waals surface area (Å²) >= 11 is 0. The summed E-state index contributed by atoms with van der Waals surface area (Å²) in [5, 5.41) is 1.39. The molecule has 0 fully saturated rings. The van der Waals surface area contributed by atoms with Gasteiger partial charge in [-0.2, -0.15) is 0 Å². The molecule has 5 aromatic rings. The van der Waals surface area contributed by atoms with Crippen molar-refractivity contribution in [2.45, 2.75) is 74.8 Å². The molecular formula is C48H46N2. The summed E-state index contributed by atoms with van der Waals surface area (Å²) in [7, 11) is 0. The van der Waals surface area contributed by atoms with Gasteiger partial charge in [0.05, 0.1) is 5.52 Å². The molecule has 0 bridgehead atoms. The molecule has 0 N–H and O–H groups in total. The Morgan fingerprint density at radius 2 is 1.16 bits per heavy atom. The predicted molar refractivity (Wildman–Crippen MR) is 210 cm³/mol. The zero-order valence-corrected chi connectivity index (χ0v) is 28.8. The fraction of sp³-hybridized carbons (Fsp3) is 0.250. The lowest BCUT2D eigenvalue weighted by Gasteiger charge is -2.43. The molecular weight excluding hydrogens is 605 g/mol. The maximum atomic E-state index is 2.75. The zero-order valence-electron chi connectivity index (χ0n) is 28.8. The molecule has 0 saturated heterocycles. The van der Waals surface area contributed by atoms with E-state index in [2.05, 4.69) is 173 Å². The van der Waals surface area contributed by atoms with Crippen LogP contribution in [0.25, 0.3) is 22.7 Å². The maximum absolute atomic E-state index is 2.75. The van der Waals surface area contributed by atoms with Gasteiger partial charge in [0, 0.05) is 52.3 Å². The third kappa shape index (κ3) is 5.92. The summed E-state index contributed by atoms with van der Waals surface area (Å²) in [4.78, 5) is 2.75. The Kier molecular flexibility index (Phi) is 8.46. The maximum Gasteiger partial charge on any atom is 0.0537 e. The largest absolute Gasteiger partial charge is 0.359 e. The van der Waals surface area contributed by atoms with Crippen molar-refractivity contribution in [1.82, 2.24) is 9.47 Å². The van der Waals surface area contributed by atoms with Gasteiger partial charge in [-0.05, 0) is 97.6 Å². The number of hydrogen-bond acceptors (Lipinski definition) is 1. The third-order valence-electron chi connectivity index (χ3n) is 11.7. The molecule has 1 aromatic heterocycles. The number of hydrogen-bond donors (Lipinski definition) is 0. The van der Waals surface area contributed by atoms with Crippen molar-refractivity contribution in [3.8, 4) is 5.69 Å². The molecule has 4 aliphatic carbocycles. The smallest absolute Gasteiger partial charge is 0.0537 e. The van der Waals surface area contributed by atoms with Crippen LogP contribution in [0.4, 0.5) is 0 Å². The summed E-state index contributed by atoms with van der Waals surface area (Å²) < 4.78 is 2.46. The summed E-state index contributed by atoms with van der Waals surface area (Å²) in [6.07, 6.45) is 30.0. The Hall–Kier alpha value is -5.08. The highest BCUT2D eigenvalue weighted by Gasteiger charge is 2.31.